The molecule has 0 spiro atoms. The molecule has 0 saturated carbocycles. The lowest BCUT2D eigenvalue weighted by Crippen LogP contribution is -2.63. The van der Waals surface area contributed by atoms with Gasteiger partial charge in [-0.2, -0.15) is 0 Å². The Morgan fingerprint density at radius 1 is 0.841 bits per heavy atom. The van der Waals surface area contributed by atoms with Crippen molar-refractivity contribution in [2.75, 3.05) is 25.1 Å². The van der Waals surface area contributed by atoms with E-state index in [0.29, 0.717) is 22.1 Å². The van der Waals surface area contributed by atoms with Gasteiger partial charge >= 0.3 is 12.2 Å². The highest BCUT2D eigenvalue weighted by Crippen LogP contribution is 2.47. The van der Waals surface area contributed by atoms with Crippen molar-refractivity contribution in [2.45, 2.75) is 53.8 Å². The van der Waals surface area contributed by atoms with Crippen LogP contribution in [0.4, 0.5) is 15.3 Å². The molecule has 0 atom stereocenters. The van der Waals surface area contributed by atoms with Crippen molar-refractivity contribution in [3.05, 3.63) is 84.2 Å². The zero-order chi connectivity index (χ0) is 32.5. The second kappa shape index (κ2) is 14.2. The van der Waals surface area contributed by atoms with Crippen molar-refractivity contribution < 1.29 is 38.8 Å². The highest BCUT2D eigenvalue weighted by atomic mass is 16.5. The fraction of sp³-hybridized carbons (Fsp3) is 0.394. The summed E-state index contributed by atoms with van der Waals surface area (Å²) in [6.45, 7) is 11.2. The van der Waals surface area contributed by atoms with Gasteiger partial charge in [0.05, 0.1) is 36.2 Å². The summed E-state index contributed by atoms with van der Waals surface area (Å²) >= 11 is 0. The highest BCUT2D eigenvalue weighted by molar-refractivity contribution is 6.06. The molecule has 2 aromatic carbocycles. The third-order valence-corrected chi connectivity index (χ3v) is 7.32. The molecule has 0 aliphatic rings. The van der Waals surface area contributed by atoms with Gasteiger partial charge in [0, 0.05) is 6.20 Å². The molecular weight excluding hydrogens is 566 g/mol. The van der Waals surface area contributed by atoms with E-state index in [9.17, 15) is 24.6 Å². The van der Waals surface area contributed by atoms with Crippen LogP contribution in [-0.2, 0) is 11.3 Å². The number of aromatic nitrogens is 1. The summed E-state index contributed by atoms with van der Waals surface area (Å²) < 4.78 is 18.3. The van der Waals surface area contributed by atoms with Gasteiger partial charge in [-0.25, -0.2) is 14.5 Å². The molecule has 0 bridgehead atoms. The number of nitrogens with zero attached hydrogens (tertiary/aromatic N) is 2. The Morgan fingerprint density at radius 2 is 1.50 bits per heavy atom. The molecule has 3 amide bonds. The lowest BCUT2D eigenvalue weighted by Gasteiger charge is -2.53. The van der Waals surface area contributed by atoms with Gasteiger partial charge < -0.3 is 29.7 Å². The van der Waals surface area contributed by atoms with E-state index in [-0.39, 0.29) is 25.4 Å². The number of carboxylic acid groups (broad SMARTS) is 2. The second-order valence-electron chi connectivity index (χ2n) is 12.3. The van der Waals surface area contributed by atoms with Gasteiger partial charge in [0.2, 0.25) is 0 Å². The van der Waals surface area contributed by atoms with Crippen molar-refractivity contribution in [1.82, 2.24) is 9.88 Å². The topological polar surface area (TPSA) is 148 Å². The van der Waals surface area contributed by atoms with E-state index >= 15 is 0 Å². The quantitative estimate of drug-likeness (QED) is 0.189. The molecule has 0 aliphatic carbocycles. The Labute approximate surface area is 257 Å². The van der Waals surface area contributed by atoms with Crippen molar-refractivity contribution in [2.24, 2.45) is 10.8 Å². The number of rotatable bonds is 12. The van der Waals surface area contributed by atoms with Crippen LogP contribution < -0.4 is 14.8 Å². The number of imide groups is 1. The standard InChI is InChI=1S/C33H41N3O8/c1-31(2,3)33(32(4,5)6,22-36(29(38)39)30(40)41)44-18-17-42-25-14-15-27(43-21-23-11-8-7-9-12-23)26(19-25)28(37)35-24-13-10-16-34-20-24/h7-16,19-20H,17-18,21-22H2,1-6H3,(H,35,37)(H,38,39)(H,40,41). The minimum Gasteiger partial charge on any atom is -0.491 e. The Bertz CT molecular complexity index is 1390. The summed E-state index contributed by atoms with van der Waals surface area (Å²) in [5.74, 6) is 0.331. The smallest absolute Gasteiger partial charge is 0.416 e. The summed E-state index contributed by atoms with van der Waals surface area (Å²) in [6, 6.07) is 17.9. The normalized spacial score (nSPS) is 11.9. The van der Waals surface area contributed by atoms with Gasteiger partial charge in [0.25, 0.3) is 5.91 Å². The van der Waals surface area contributed by atoms with E-state index in [1.165, 1.54) is 6.20 Å². The van der Waals surface area contributed by atoms with Crippen LogP contribution in [0.2, 0.25) is 0 Å². The number of hydrogen-bond acceptors (Lipinski definition) is 7. The first-order valence-electron chi connectivity index (χ1n) is 14.2. The molecule has 11 nitrogen and oxygen atoms in total. The van der Waals surface area contributed by atoms with Crippen molar-refractivity contribution in [3.8, 4) is 11.5 Å². The van der Waals surface area contributed by atoms with Crippen LogP contribution in [0.5, 0.6) is 11.5 Å². The predicted molar refractivity (Wildman–Crippen MR) is 165 cm³/mol. The third kappa shape index (κ3) is 8.47. The monoisotopic (exact) mass is 607 g/mol. The van der Waals surface area contributed by atoms with Crippen molar-refractivity contribution in [1.29, 1.82) is 0 Å². The molecule has 3 N–H and O–H groups in total. The summed E-state index contributed by atoms with van der Waals surface area (Å²) in [5.41, 5.74) is -0.824. The SMILES string of the molecule is CC(C)(C)C(CN(C(=O)O)C(=O)O)(OCCOc1ccc(OCc2ccccc2)c(C(=O)Nc2cccnc2)c1)C(C)(C)C. The molecule has 236 valence electrons. The molecule has 0 radical (unpaired) electrons. The minimum atomic E-state index is -1.58. The van der Waals surface area contributed by atoms with Gasteiger partial charge in [0.15, 0.2) is 0 Å². The van der Waals surface area contributed by atoms with E-state index < -0.39 is 41.1 Å². The Kier molecular flexibility index (Phi) is 10.9. The van der Waals surface area contributed by atoms with Gasteiger partial charge in [0.1, 0.15) is 24.7 Å². The molecule has 3 aromatic rings. The first-order chi connectivity index (χ1) is 20.6. The van der Waals surface area contributed by atoms with Gasteiger partial charge in [-0.1, -0.05) is 71.9 Å². The highest BCUT2D eigenvalue weighted by Gasteiger charge is 2.54. The van der Waals surface area contributed by atoms with Crippen molar-refractivity contribution in [3.63, 3.8) is 0 Å². The van der Waals surface area contributed by atoms with E-state index in [4.69, 9.17) is 14.2 Å². The summed E-state index contributed by atoms with van der Waals surface area (Å²) in [7, 11) is 0. The lowest BCUT2D eigenvalue weighted by atomic mass is 9.62. The van der Waals surface area contributed by atoms with Crippen LogP contribution >= 0.6 is 0 Å². The Hall–Kier alpha value is -4.64. The first-order valence-corrected chi connectivity index (χ1v) is 14.2. The van der Waals surface area contributed by atoms with Crippen molar-refractivity contribution >= 4 is 23.8 Å². The van der Waals surface area contributed by atoms with Crippen LogP contribution in [-0.4, -0.2) is 63.6 Å². The van der Waals surface area contributed by atoms with Crippen LogP contribution in [0.3, 0.4) is 0 Å². The predicted octanol–water partition coefficient (Wildman–Crippen LogP) is 6.80. The number of hydrogen-bond donors (Lipinski definition) is 3. The van der Waals surface area contributed by atoms with Crippen LogP contribution in [0.1, 0.15) is 57.5 Å². The van der Waals surface area contributed by atoms with E-state index in [2.05, 4.69) is 10.3 Å². The van der Waals surface area contributed by atoms with E-state index in [1.807, 2.05) is 71.9 Å². The Morgan fingerprint density at radius 3 is 2.07 bits per heavy atom. The largest absolute Gasteiger partial charge is 0.491 e. The molecule has 11 heteroatoms. The van der Waals surface area contributed by atoms with Crippen LogP contribution in [0, 0.1) is 10.8 Å². The van der Waals surface area contributed by atoms with Crippen LogP contribution in [0.15, 0.2) is 73.1 Å². The number of anilines is 1. The number of benzene rings is 2. The van der Waals surface area contributed by atoms with Gasteiger partial charge in [-0.05, 0) is 46.7 Å². The van der Waals surface area contributed by atoms with Crippen LogP contribution in [0.25, 0.3) is 0 Å². The molecule has 0 fully saturated rings. The summed E-state index contributed by atoms with van der Waals surface area (Å²) in [4.78, 5) is 41.2. The molecule has 0 aliphatic heterocycles. The fourth-order valence-corrected chi connectivity index (χ4v) is 5.17. The number of carbonyl (C=O) groups is 3. The van der Waals surface area contributed by atoms with E-state index in [0.717, 1.165) is 5.56 Å². The fourth-order valence-electron chi connectivity index (χ4n) is 5.17. The van der Waals surface area contributed by atoms with Gasteiger partial charge in [-0.15, -0.1) is 0 Å². The number of amides is 3. The summed E-state index contributed by atoms with van der Waals surface area (Å²) in [6.07, 6.45) is -0.0222. The molecule has 44 heavy (non-hydrogen) atoms. The maximum absolute atomic E-state index is 13.3. The molecule has 3 rings (SSSR count). The number of carbonyl (C=O) groups excluding carboxylic acids is 1. The zero-order valence-electron chi connectivity index (χ0n) is 26.0. The average Bonchev–Trinajstić information content (AvgIpc) is 2.95. The maximum Gasteiger partial charge on any atom is 0.416 e. The van der Waals surface area contributed by atoms with E-state index in [1.54, 1.807) is 36.5 Å². The molecule has 1 heterocycles. The average molecular weight is 608 g/mol. The summed E-state index contributed by atoms with van der Waals surface area (Å²) in [5, 5.41) is 22.0. The minimum absolute atomic E-state index is 0.0189. The zero-order valence-corrected chi connectivity index (χ0v) is 26.0. The second-order valence-corrected chi connectivity index (χ2v) is 12.3. The lowest BCUT2D eigenvalue weighted by molar-refractivity contribution is -0.189. The molecular formula is C33H41N3O8. The first kappa shape index (κ1) is 33.9. The molecule has 0 saturated heterocycles. The maximum atomic E-state index is 13.3. The number of pyridine rings is 1. The Balaban J connectivity index is 1.81. The molecule has 1 aromatic heterocycles. The third-order valence-electron chi connectivity index (χ3n) is 7.32. The number of nitrogens with one attached hydrogen (secondary N) is 1. The number of ether oxygens (including phenoxy) is 3. The van der Waals surface area contributed by atoms with Gasteiger partial charge in [-0.3, -0.25) is 9.78 Å². The molecule has 0 unspecified atom stereocenters.